The first-order chi connectivity index (χ1) is 11.7. The Morgan fingerprint density at radius 1 is 1.29 bits per heavy atom. The number of hydrogen-bond acceptors (Lipinski definition) is 5. The summed E-state index contributed by atoms with van der Waals surface area (Å²) in [6.07, 6.45) is 1.28. The molecule has 0 saturated carbocycles. The number of carbonyl (C=O) groups excluding carboxylic acids is 2. The number of para-hydroxylation sites is 1. The fourth-order valence-corrected chi connectivity index (χ4v) is 3.94. The largest absolute Gasteiger partial charge is 0.479 e. The molecule has 6 nitrogen and oxygen atoms in total. The third-order valence-corrected chi connectivity index (χ3v) is 5.50. The molecule has 2 N–H and O–H groups in total. The fraction of sp³-hybridized carbons (Fsp3) is 0.529. The Bertz CT molecular complexity index is 602. The van der Waals surface area contributed by atoms with Crippen LogP contribution in [0, 0.1) is 0 Å². The third kappa shape index (κ3) is 4.21. The average molecular weight is 349 g/mol. The van der Waals surface area contributed by atoms with E-state index in [0.717, 1.165) is 36.6 Å². The molecule has 0 aliphatic carbocycles. The van der Waals surface area contributed by atoms with Crippen molar-refractivity contribution in [3.05, 3.63) is 24.3 Å². The second-order valence-electron chi connectivity index (χ2n) is 6.10. The first-order valence-electron chi connectivity index (χ1n) is 8.27. The highest BCUT2D eigenvalue weighted by Crippen LogP contribution is 2.34. The van der Waals surface area contributed by atoms with E-state index in [-0.39, 0.29) is 17.9 Å². The van der Waals surface area contributed by atoms with Gasteiger partial charge in [-0.3, -0.25) is 14.5 Å². The SMILES string of the molecule is CNC(=O)CN1CCC(NC(=O)[C@@H]2CSc3ccccc3O2)CC1. The van der Waals surface area contributed by atoms with Crippen molar-refractivity contribution in [1.29, 1.82) is 0 Å². The van der Waals surface area contributed by atoms with Crippen molar-refractivity contribution < 1.29 is 14.3 Å². The molecular weight excluding hydrogens is 326 g/mol. The summed E-state index contributed by atoms with van der Waals surface area (Å²) in [5, 5.41) is 5.74. The van der Waals surface area contributed by atoms with Gasteiger partial charge in [0.25, 0.3) is 5.91 Å². The molecule has 2 amide bonds. The van der Waals surface area contributed by atoms with Crippen LogP contribution >= 0.6 is 11.8 Å². The molecule has 1 aromatic rings. The quantitative estimate of drug-likeness (QED) is 0.844. The van der Waals surface area contributed by atoms with Crippen molar-refractivity contribution in [2.45, 2.75) is 29.9 Å². The Morgan fingerprint density at radius 3 is 2.79 bits per heavy atom. The van der Waals surface area contributed by atoms with Gasteiger partial charge in [0.2, 0.25) is 5.91 Å². The van der Waals surface area contributed by atoms with E-state index < -0.39 is 6.10 Å². The van der Waals surface area contributed by atoms with E-state index in [9.17, 15) is 9.59 Å². The number of hydrogen-bond donors (Lipinski definition) is 2. The van der Waals surface area contributed by atoms with Crippen LogP contribution in [-0.2, 0) is 9.59 Å². The van der Waals surface area contributed by atoms with E-state index in [1.54, 1.807) is 18.8 Å². The van der Waals surface area contributed by atoms with E-state index in [2.05, 4.69) is 15.5 Å². The van der Waals surface area contributed by atoms with Crippen LogP contribution in [0.15, 0.2) is 29.2 Å². The number of piperidine rings is 1. The van der Waals surface area contributed by atoms with Gasteiger partial charge in [-0.15, -0.1) is 11.8 Å². The number of nitrogens with one attached hydrogen (secondary N) is 2. The van der Waals surface area contributed by atoms with E-state index >= 15 is 0 Å². The molecule has 2 heterocycles. The highest BCUT2D eigenvalue weighted by atomic mass is 32.2. The molecule has 2 aliphatic heterocycles. The lowest BCUT2D eigenvalue weighted by atomic mass is 10.0. The normalized spacial score (nSPS) is 21.5. The zero-order valence-corrected chi connectivity index (χ0v) is 14.6. The van der Waals surface area contributed by atoms with Crippen LogP contribution in [0.25, 0.3) is 0 Å². The fourth-order valence-electron chi connectivity index (χ4n) is 2.96. The smallest absolute Gasteiger partial charge is 0.262 e. The summed E-state index contributed by atoms with van der Waals surface area (Å²) in [4.78, 5) is 27.1. The molecule has 1 atom stereocenters. The summed E-state index contributed by atoms with van der Waals surface area (Å²) < 4.78 is 5.83. The molecule has 1 aromatic carbocycles. The van der Waals surface area contributed by atoms with Gasteiger partial charge in [-0.2, -0.15) is 0 Å². The topological polar surface area (TPSA) is 70.7 Å². The molecule has 7 heteroatoms. The standard InChI is InChI=1S/C17H23N3O3S/c1-18-16(21)10-20-8-6-12(7-9-20)19-17(22)14-11-24-15-5-3-2-4-13(15)23-14/h2-5,12,14H,6-11H2,1H3,(H,18,21)(H,19,22)/t14-/m0/s1. The number of carbonyl (C=O) groups is 2. The second kappa shape index (κ2) is 7.90. The Labute approximate surface area is 146 Å². The van der Waals surface area contributed by atoms with Gasteiger partial charge in [-0.25, -0.2) is 0 Å². The van der Waals surface area contributed by atoms with Gasteiger partial charge >= 0.3 is 0 Å². The highest BCUT2D eigenvalue weighted by molar-refractivity contribution is 7.99. The molecule has 2 aliphatic rings. The Morgan fingerprint density at radius 2 is 2.04 bits per heavy atom. The van der Waals surface area contributed by atoms with E-state index in [4.69, 9.17) is 4.74 Å². The van der Waals surface area contributed by atoms with Crippen LogP contribution in [0.1, 0.15) is 12.8 Å². The van der Waals surface area contributed by atoms with E-state index in [0.29, 0.717) is 12.3 Å². The van der Waals surface area contributed by atoms with Crippen molar-refractivity contribution in [3.8, 4) is 5.75 Å². The molecule has 0 unspecified atom stereocenters. The minimum Gasteiger partial charge on any atom is -0.479 e. The summed E-state index contributed by atoms with van der Waals surface area (Å²) in [7, 11) is 1.65. The lowest BCUT2D eigenvalue weighted by Crippen LogP contribution is -2.50. The maximum Gasteiger partial charge on any atom is 0.262 e. The maximum absolute atomic E-state index is 12.5. The minimum absolute atomic E-state index is 0.0313. The molecule has 0 bridgehead atoms. The van der Waals surface area contributed by atoms with Gasteiger partial charge in [-0.05, 0) is 25.0 Å². The van der Waals surface area contributed by atoms with Crippen molar-refractivity contribution >= 4 is 23.6 Å². The number of nitrogens with zero attached hydrogens (tertiary/aromatic N) is 1. The van der Waals surface area contributed by atoms with E-state index in [1.165, 1.54) is 0 Å². The molecule has 0 radical (unpaired) electrons. The van der Waals surface area contributed by atoms with Gasteiger partial charge < -0.3 is 15.4 Å². The molecule has 1 fully saturated rings. The number of rotatable bonds is 4. The highest BCUT2D eigenvalue weighted by Gasteiger charge is 2.29. The monoisotopic (exact) mass is 349 g/mol. The van der Waals surface area contributed by atoms with Gasteiger partial charge in [-0.1, -0.05) is 12.1 Å². The zero-order chi connectivity index (χ0) is 16.9. The first kappa shape index (κ1) is 17.1. The van der Waals surface area contributed by atoms with Crippen molar-refractivity contribution in [1.82, 2.24) is 15.5 Å². The summed E-state index contributed by atoms with van der Waals surface area (Å²) in [5.41, 5.74) is 0. The summed E-state index contributed by atoms with van der Waals surface area (Å²) in [5.74, 6) is 1.41. The number of likely N-dealkylation sites (tertiary alicyclic amines) is 1. The van der Waals surface area contributed by atoms with Crippen molar-refractivity contribution in [2.75, 3.05) is 32.4 Å². The molecule has 130 valence electrons. The number of benzene rings is 1. The number of likely N-dealkylation sites (N-methyl/N-ethyl adjacent to an activating group) is 1. The van der Waals surface area contributed by atoms with Crippen LogP contribution in [-0.4, -0.2) is 61.3 Å². The van der Waals surface area contributed by atoms with Crippen LogP contribution in [0.3, 0.4) is 0 Å². The molecule has 3 rings (SSSR count). The predicted octanol–water partition coefficient (Wildman–Crippen LogP) is 0.866. The summed E-state index contributed by atoms with van der Waals surface area (Å²) >= 11 is 1.66. The molecule has 0 spiro atoms. The number of fused-ring (bicyclic) bond motifs is 1. The number of ether oxygens (including phenoxy) is 1. The Hall–Kier alpha value is -1.73. The Kier molecular flexibility index (Phi) is 5.63. The first-order valence-corrected chi connectivity index (χ1v) is 9.26. The van der Waals surface area contributed by atoms with Crippen molar-refractivity contribution in [2.24, 2.45) is 0 Å². The Balaban J connectivity index is 1.46. The molecule has 0 aromatic heterocycles. The summed E-state index contributed by atoms with van der Waals surface area (Å²) in [6, 6.07) is 7.96. The zero-order valence-electron chi connectivity index (χ0n) is 13.8. The van der Waals surface area contributed by atoms with Crippen LogP contribution in [0.5, 0.6) is 5.75 Å². The van der Waals surface area contributed by atoms with Crippen LogP contribution in [0.4, 0.5) is 0 Å². The number of amides is 2. The van der Waals surface area contributed by atoms with Gasteiger partial charge in [0, 0.05) is 36.8 Å². The summed E-state index contributed by atoms with van der Waals surface area (Å²) in [6.45, 7) is 2.07. The average Bonchev–Trinajstić information content (AvgIpc) is 2.62. The van der Waals surface area contributed by atoms with Gasteiger partial charge in [0.15, 0.2) is 6.10 Å². The van der Waals surface area contributed by atoms with Gasteiger partial charge in [0.1, 0.15) is 5.75 Å². The van der Waals surface area contributed by atoms with Crippen LogP contribution < -0.4 is 15.4 Å². The molecule has 24 heavy (non-hydrogen) atoms. The minimum atomic E-state index is -0.436. The van der Waals surface area contributed by atoms with Crippen molar-refractivity contribution in [3.63, 3.8) is 0 Å². The van der Waals surface area contributed by atoms with Gasteiger partial charge in [0.05, 0.1) is 6.54 Å². The lowest BCUT2D eigenvalue weighted by Gasteiger charge is -2.33. The predicted molar refractivity (Wildman–Crippen MR) is 93.3 cm³/mol. The van der Waals surface area contributed by atoms with Crippen LogP contribution in [0.2, 0.25) is 0 Å². The number of thioether (sulfide) groups is 1. The second-order valence-corrected chi connectivity index (χ2v) is 7.16. The third-order valence-electron chi connectivity index (χ3n) is 4.38. The maximum atomic E-state index is 12.5. The molecular formula is C17H23N3O3S. The molecule has 1 saturated heterocycles. The lowest BCUT2D eigenvalue weighted by molar-refractivity contribution is -0.128. The van der Waals surface area contributed by atoms with E-state index in [1.807, 2.05) is 24.3 Å².